The van der Waals surface area contributed by atoms with Gasteiger partial charge < -0.3 is 10.0 Å². The number of aromatic nitrogens is 2. The highest BCUT2D eigenvalue weighted by molar-refractivity contribution is 5.85. The fraction of sp³-hybridized carbons (Fsp3) is 0.583. The highest BCUT2D eigenvalue weighted by Gasteiger charge is 2.18. The van der Waals surface area contributed by atoms with Crippen molar-refractivity contribution in [1.29, 1.82) is 0 Å². The fourth-order valence-corrected chi connectivity index (χ4v) is 2.01. The summed E-state index contributed by atoms with van der Waals surface area (Å²) in [5.41, 5.74) is 0.916. The second kappa shape index (κ2) is 7.25. The van der Waals surface area contributed by atoms with Crippen molar-refractivity contribution >= 4 is 24.2 Å². The molecule has 6 nitrogen and oxygen atoms in total. The SMILES string of the molecule is Cc1ccc(N2CCN(CCC(=O)O)CC2)nn1.Cl. The van der Waals surface area contributed by atoms with Gasteiger partial charge in [-0.3, -0.25) is 9.69 Å². The summed E-state index contributed by atoms with van der Waals surface area (Å²) in [4.78, 5) is 14.9. The molecule has 0 radical (unpaired) electrons. The second-order valence-electron chi connectivity index (χ2n) is 4.51. The summed E-state index contributed by atoms with van der Waals surface area (Å²) in [5, 5.41) is 16.9. The van der Waals surface area contributed by atoms with Crippen LogP contribution in [0.1, 0.15) is 12.1 Å². The lowest BCUT2D eigenvalue weighted by Crippen LogP contribution is -2.47. The molecule has 1 aromatic heterocycles. The van der Waals surface area contributed by atoms with Crippen LogP contribution in [0.5, 0.6) is 0 Å². The van der Waals surface area contributed by atoms with Crippen LogP contribution >= 0.6 is 12.4 Å². The number of nitrogens with zero attached hydrogens (tertiary/aromatic N) is 4. The minimum atomic E-state index is -0.734. The Bertz CT molecular complexity index is 405. The zero-order chi connectivity index (χ0) is 13.0. The van der Waals surface area contributed by atoms with Crippen LogP contribution in [0.3, 0.4) is 0 Å². The molecule has 1 fully saturated rings. The molecular weight excluding hydrogens is 268 g/mol. The smallest absolute Gasteiger partial charge is 0.304 e. The third-order valence-electron chi connectivity index (χ3n) is 3.12. The van der Waals surface area contributed by atoms with E-state index in [0.29, 0.717) is 6.54 Å². The van der Waals surface area contributed by atoms with E-state index in [2.05, 4.69) is 20.0 Å². The first kappa shape index (κ1) is 15.7. The van der Waals surface area contributed by atoms with Crippen LogP contribution in [0.4, 0.5) is 5.82 Å². The van der Waals surface area contributed by atoms with Crippen molar-refractivity contribution in [3.8, 4) is 0 Å². The van der Waals surface area contributed by atoms with Gasteiger partial charge in [0.25, 0.3) is 0 Å². The summed E-state index contributed by atoms with van der Waals surface area (Å²) in [7, 11) is 0. The predicted octanol–water partition coefficient (Wildman–Crippen LogP) is 0.804. The predicted molar refractivity (Wildman–Crippen MR) is 74.9 cm³/mol. The van der Waals surface area contributed by atoms with Gasteiger partial charge in [-0.1, -0.05) is 0 Å². The minimum absolute atomic E-state index is 0. The van der Waals surface area contributed by atoms with Gasteiger partial charge in [-0.2, -0.15) is 5.10 Å². The molecule has 2 rings (SSSR count). The molecule has 0 unspecified atom stereocenters. The Hall–Kier alpha value is -1.40. The highest BCUT2D eigenvalue weighted by atomic mass is 35.5. The largest absolute Gasteiger partial charge is 0.481 e. The molecule has 0 spiro atoms. The number of halogens is 1. The first-order valence-electron chi connectivity index (χ1n) is 6.14. The lowest BCUT2D eigenvalue weighted by Gasteiger charge is -2.34. The number of carboxylic acid groups (broad SMARTS) is 1. The Morgan fingerprint density at radius 3 is 2.47 bits per heavy atom. The van der Waals surface area contributed by atoms with Crippen LogP contribution in [0.2, 0.25) is 0 Å². The molecule has 1 aliphatic rings. The van der Waals surface area contributed by atoms with Crippen molar-refractivity contribution in [1.82, 2.24) is 15.1 Å². The van der Waals surface area contributed by atoms with Gasteiger partial charge in [-0.25, -0.2) is 0 Å². The Labute approximate surface area is 118 Å². The Kier molecular flexibility index (Phi) is 5.98. The molecule has 0 atom stereocenters. The molecule has 19 heavy (non-hydrogen) atoms. The van der Waals surface area contributed by atoms with Gasteiger partial charge in [0.15, 0.2) is 5.82 Å². The van der Waals surface area contributed by atoms with Crippen molar-refractivity contribution in [2.24, 2.45) is 0 Å². The molecule has 0 saturated carbocycles. The number of anilines is 1. The zero-order valence-electron chi connectivity index (χ0n) is 10.9. The lowest BCUT2D eigenvalue weighted by molar-refractivity contribution is -0.137. The number of rotatable bonds is 4. The molecule has 106 valence electrons. The number of hydrogen-bond acceptors (Lipinski definition) is 5. The highest BCUT2D eigenvalue weighted by Crippen LogP contribution is 2.12. The second-order valence-corrected chi connectivity index (χ2v) is 4.51. The maximum atomic E-state index is 10.5. The van der Waals surface area contributed by atoms with Gasteiger partial charge >= 0.3 is 5.97 Å². The first-order chi connectivity index (χ1) is 8.65. The van der Waals surface area contributed by atoms with E-state index < -0.39 is 5.97 Å². The quantitative estimate of drug-likeness (QED) is 0.883. The van der Waals surface area contributed by atoms with Gasteiger partial charge in [0.1, 0.15) is 0 Å². The third kappa shape index (κ3) is 4.65. The van der Waals surface area contributed by atoms with Crippen LogP contribution in [-0.4, -0.2) is 58.9 Å². The van der Waals surface area contributed by atoms with E-state index in [-0.39, 0.29) is 18.8 Å². The number of aliphatic carboxylic acids is 1. The van der Waals surface area contributed by atoms with Crippen LogP contribution in [0, 0.1) is 6.92 Å². The van der Waals surface area contributed by atoms with Crippen molar-refractivity contribution in [2.75, 3.05) is 37.6 Å². The van der Waals surface area contributed by atoms with Crippen molar-refractivity contribution in [2.45, 2.75) is 13.3 Å². The van der Waals surface area contributed by atoms with Crippen molar-refractivity contribution in [3.63, 3.8) is 0 Å². The Balaban J connectivity index is 0.00000180. The molecule has 7 heteroatoms. The number of hydrogen-bond donors (Lipinski definition) is 1. The van der Waals surface area contributed by atoms with Crippen LogP contribution < -0.4 is 4.90 Å². The monoisotopic (exact) mass is 286 g/mol. The van der Waals surface area contributed by atoms with Gasteiger partial charge in [0.2, 0.25) is 0 Å². The zero-order valence-corrected chi connectivity index (χ0v) is 11.8. The van der Waals surface area contributed by atoms with E-state index in [1.54, 1.807) is 0 Å². The molecule has 0 aromatic carbocycles. The van der Waals surface area contributed by atoms with Gasteiger partial charge in [0.05, 0.1) is 12.1 Å². The van der Waals surface area contributed by atoms with E-state index in [1.807, 2.05) is 19.1 Å². The minimum Gasteiger partial charge on any atom is -0.481 e. The summed E-state index contributed by atoms with van der Waals surface area (Å²) >= 11 is 0. The van der Waals surface area contributed by atoms with Gasteiger partial charge in [0, 0.05) is 32.7 Å². The number of piperazine rings is 1. The first-order valence-corrected chi connectivity index (χ1v) is 6.14. The maximum absolute atomic E-state index is 10.5. The third-order valence-corrected chi connectivity index (χ3v) is 3.12. The van der Waals surface area contributed by atoms with Crippen molar-refractivity contribution < 1.29 is 9.90 Å². The lowest BCUT2D eigenvalue weighted by atomic mass is 10.3. The average molecular weight is 287 g/mol. The molecule has 1 saturated heterocycles. The van der Waals surface area contributed by atoms with E-state index >= 15 is 0 Å². The number of carbonyl (C=O) groups is 1. The summed E-state index contributed by atoms with van der Waals surface area (Å²) in [6.45, 7) is 6.05. The number of carboxylic acids is 1. The summed E-state index contributed by atoms with van der Waals surface area (Å²) in [6.07, 6.45) is 0.213. The van der Waals surface area contributed by atoms with E-state index in [4.69, 9.17) is 5.11 Å². The summed E-state index contributed by atoms with van der Waals surface area (Å²) in [5.74, 6) is 0.167. The molecular formula is C12H19ClN4O2. The fourth-order valence-electron chi connectivity index (χ4n) is 2.01. The Morgan fingerprint density at radius 2 is 1.95 bits per heavy atom. The van der Waals surface area contributed by atoms with Gasteiger partial charge in [-0.15, -0.1) is 17.5 Å². The maximum Gasteiger partial charge on any atom is 0.304 e. The van der Waals surface area contributed by atoms with E-state index in [1.165, 1.54) is 0 Å². The molecule has 1 aliphatic heterocycles. The topological polar surface area (TPSA) is 69.6 Å². The Morgan fingerprint density at radius 1 is 1.26 bits per heavy atom. The average Bonchev–Trinajstić information content (AvgIpc) is 2.38. The molecule has 0 bridgehead atoms. The van der Waals surface area contributed by atoms with E-state index in [0.717, 1.165) is 37.7 Å². The van der Waals surface area contributed by atoms with Crippen LogP contribution in [0.25, 0.3) is 0 Å². The van der Waals surface area contributed by atoms with Gasteiger partial charge in [-0.05, 0) is 19.1 Å². The standard InChI is InChI=1S/C12H18N4O2.ClH/c1-10-2-3-11(14-13-10)16-8-6-15(7-9-16)5-4-12(17)18;/h2-3H,4-9H2,1H3,(H,17,18);1H. The molecule has 0 amide bonds. The van der Waals surface area contributed by atoms with E-state index in [9.17, 15) is 4.79 Å². The van der Waals surface area contributed by atoms with Crippen LogP contribution in [-0.2, 0) is 4.79 Å². The summed E-state index contributed by atoms with van der Waals surface area (Å²) in [6, 6.07) is 3.94. The van der Waals surface area contributed by atoms with Crippen LogP contribution in [0.15, 0.2) is 12.1 Å². The normalized spacial score (nSPS) is 15.9. The molecule has 0 aliphatic carbocycles. The number of aryl methyl sites for hydroxylation is 1. The summed E-state index contributed by atoms with van der Waals surface area (Å²) < 4.78 is 0. The van der Waals surface area contributed by atoms with Crippen molar-refractivity contribution in [3.05, 3.63) is 17.8 Å². The molecule has 1 N–H and O–H groups in total. The molecule has 2 heterocycles. The molecule has 1 aromatic rings.